The van der Waals surface area contributed by atoms with E-state index in [4.69, 9.17) is 4.52 Å². The standard InChI is InChI=1S/C13H12FINO2P/c1-19(17,18-11-5-3-2-4-6-11)16-13-8-7-10(15)9-12(13)14/h2-9H,1H3,(H,16,17)/t19-/m0/s1. The molecule has 0 heterocycles. The first kappa shape index (κ1) is 14.3. The number of benzene rings is 2. The molecule has 1 N–H and O–H groups in total. The van der Waals surface area contributed by atoms with E-state index in [-0.39, 0.29) is 5.69 Å². The molecule has 0 radical (unpaired) electrons. The summed E-state index contributed by atoms with van der Waals surface area (Å²) in [5.41, 5.74) is 0.169. The third-order valence-corrected chi connectivity index (χ3v) is 4.15. The zero-order valence-corrected chi connectivity index (χ0v) is 13.2. The van der Waals surface area contributed by atoms with Gasteiger partial charge in [-0.05, 0) is 52.9 Å². The van der Waals surface area contributed by atoms with Gasteiger partial charge in [-0.2, -0.15) is 0 Å². The summed E-state index contributed by atoms with van der Waals surface area (Å²) >= 11 is 2.01. The van der Waals surface area contributed by atoms with Gasteiger partial charge in [-0.3, -0.25) is 4.57 Å². The van der Waals surface area contributed by atoms with Crippen LogP contribution in [-0.2, 0) is 4.57 Å². The van der Waals surface area contributed by atoms with Crippen LogP contribution in [0.5, 0.6) is 5.75 Å². The molecule has 0 aliphatic rings. The van der Waals surface area contributed by atoms with Crippen molar-refractivity contribution in [1.29, 1.82) is 0 Å². The number of hydrogen-bond acceptors (Lipinski definition) is 2. The molecule has 0 saturated carbocycles. The second kappa shape index (κ2) is 5.92. The Morgan fingerprint density at radius 2 is 1.89 bits per heavy atom. The van der Waals surface area contributed by atoms with Gasteiger partial charge in [0.05, 0.1) is 5.69 Å². The molecule has 0 fully saturated rings. The van der Waals surface area contributed by atoms with Crippen LogP contribution in [0.2, 0.25) is 0 Å². The Labute approximate surface area is 124 Å². The minimum atomic E-state index is -3.17. The Bertz CT molecular complexity index is 621. The lowest BCUT2D eigenvalue weighted by atomic mass is 10.3. The van der Waals surface area contributed by atoms with Gasteiger partial charge in [-0.1, -0.05) is 18.2 Å². The van der Waals surface area contributed by atoms with Crippen LogP contribution in [-0.4, -0.2) is 6.66 Å². The zero-order valence-electron chi connectivity index (χ0n) is 10.1. The molecule has 0 spiro atoms. The maximum absolute atomic E-state index is 13.7. The van der Waals surface area contributed by atoms with Crippen LogP contribution in [0.3, 0.4) is 0 Å². The predicted molar refractivity (Wildman–Crippen MR) is 83.3 cm³/mol. The fraction of sp³-hybridized carbons (Fsp3) is 0.0769. The minimum Gasteiger partial charge on any atom is -0.429 e. The number of para-hydroxylation sites is 1. The van der Waals surface area contributed by atoms with Crippen LogP contribution >= 0.6 is 30.1 Å². The van der Waals surface area contributed by atoms with E-state index >= 15 is 0 Å². The van der Waals surface area contributed by atoms with Crippen molar-refractivity contribution in [3.8, 4) is 5.75 Å². The van der Waals surface area contributed by atoms with E-state index in [0.717, 1.165) is 3.57 Å². The van der Waals surface area contributed by atoms with Crippen molar-refractivity contribution < 1.29 is 13.5 Å². The van der Waals surface area contributed by atoms with E-state index in [9.17, 15) is 8.96 Å². The van der Waals surface area contributed by atoms with Crippen LogP contribution in [0.4, 0.5) is 10.1 Å². The number of halogens is 2. The second-order valence-electron chi connectivity index (χ2n) is 3.99. The highest BCUT2D eigenvalue weighted by Crippen LogP contribution is 2.43. The number of anilines is 1. The molecule has 3 nitrogen and oxygen atoms in total. The number of hydrogen-bond donors (Lipinski definition) is 1. The predicted octanol–water partition coefficient (Wildman–Crippen LogP) is 4.74. The lowest BCUT2D eigenvalue weighted by Gasteiger charge is -2.17. The first-order valence-corrected chi connectivity index (χ1v) is 8.67. The summed E-state index contributed by atoms with van der Waals surface area (Å²) in [6.07, 6.45) is 0. The molecular formula is C13H12FINO2P. The zero-order chi connectivity index (χ0) is 13.9. The Hall–Kier alpha value is -1.07. The van der Waals surface area contributed by atoms with Crippen molar-refractivity contribution in [2.24, 2.45) is 0 Å². The van der Waals surface area contributed by atoms with Crippen molar-refractivity contribution in [2.75, 3.05) is 11.8 Å². The van der Waals surface area contributed by atoms with E-state index in [1.165, 1.54) is 12.7 Å². The molecule has 2 aromatic rings. The highest BCUT2D eigenvalue weighted by atomic mass is 127. The van der Waals surface area contributed by atoms with Gasteiger partial charge in [-0.15, -0.1) is 0 Å². The van der Waals surface area contributed by atoms with Gasteiger partial charge in [0.1, 0.15) is 11.6 Å². The van der Waals surface area contributed by atoms with Crippen molar-refractivity contribution in [2.45, 2.75) is 0 Å². The van der Waals surface area contributed by atoms with Crippen molar-refractivity contribution >= 4 is 35.8 Å². The fourth-order valence-corrected chi connectivity index (χ4v) is 3.15. The molecule has 0 bridgehead atoms. The average molecular weight is 391 g/mol. The van der Waals surface area contributed by atoms with Gasteiger partial charge in [0.2, 0.25) is 0 Å². The largest absolute Gasteiger partial charge is 0.429 e. The Balaban J connectivity index is 2.15. The van der Waals surface area contributed by atoms with Crippen LogP contribution in [0.15, 0.2) is 48.5 Å². The van der Waals surface area contributed by atoms with Gasteiger partial charge in [0.25, 0.3) is 0 Å². The fourth-order valence-electron chi connectivity index (χ4n) is 1.50. The molecule has 0 saturated heterocycles. The van der Waals surface area contributed by atoms with E-state index < -0.39 is 13.3 Å². The molecule has 0 unspecified atom stereocenters. The summed E-state index contributed by atoms with van der Waals surface area (Å²) in [7, 11) is -3.17. The van der Waals surface area contributed by atoms with Crippen LogP contribution in [0, 0.1) is 9.39 Å². The third-order valence-electron chi connectivity index (χ3n) is 2.28. The van der Waals surface area contributed by atoms with Crippen molar-refractivity contribution in [3.05, 3.63) is 57.9 Å². The summed E-state index contributed by atoms with van der Waals surface area (Å²) in [6.45, 7) is 1.41. The van der Waals surface area contributed by atoms with Gasteiger partial charge in [-0.25, -0.2) is 4.39 Å². The first-order chi connectivity index (χ1) is 8.96. The van der Waals surface area contributed by atoms with Crippen molar-refractivity contribution in [1.82, 2.24) is 0 Å². The third kappa shape index (κ3) is 4.21. The summed E-state index contributed by atoms with van der Waals surface area (Å²) in [5.74, 6) is 0.0254. The van der Waals surface area contributed by atoms with Gasteiger partial charge < -0.3 is 9.61 Å². The smallest absolute Gasteiger partial charge is 0.338 e. The topological polar surface area (TPSA) is 38.3 Å². The van der Waals surface area contributed by atoms with Gasteiger partial charge in [0.15, 0.2) is 0 Å². The van der Waals surface area contributed by atoms with Crippen LogP contribution in [0.1, 0.15) is 0 Å². The monoisotopic (exact) mass is 391 g/mol. The van der Waals surface area contributed by atoms with Crippen molar-refractivity contribution in [3.63, 3.8) is 0 Å². The van der Waals surface area contributed by atoms with Gasteiger partial charge >= 0.3 is 7.52 Å². The highest BCUT2D eigenvalue weighted by molar-refractivity contribution is 14.1. The minimum absolute atomic E-state index is 0.169. The Morgan fingerprint density at radius 1 is 1.21 bits per heavy atom. The summed E-state index contributed by atoms with van der Waals surface area (Å²) in [5, 5.41) is 2.62. The summed E-state index contributed by atoms with van der Waals surface area (Å²) in [4.78, 5) is 0. The van der Waals surface area contributed by atoms with E-state index in [0.29, 0.717) is 5.75 Å². The van der Waals surface area contributed by atoms with Crippen LogP contribution in [0.25, 0.3) is 0 Å². The highest BCUT2D eigenvalue weighted by Gasteiger charge is 2.19. The summed E-state index contributed by atoms with van der Waals surface area (Å²) < 4.78 is 32.1. The molecule has 100 valence electrons. The molecule has 2 rings (SSSR count). The lowest BCUT2D eigenvalue weighted by Crippen LogP contribution is -2.03. The van der Waals surface area contributed by atoms with Gasteiger partial charge in [0, 0.05) is 10.2 Å². The summed E-state index contributed by atoms with van der Waals surface area (Å²) in [6, 6.07) is 13.4. The van der Waals surface area contributed by atoms with E-state index in [2.05, 4.69) is 5.09 Å². The molecule has 1 atom stereocenters. The first-order valence-electron chi connectivity index (χ1n) is 5.52. The molecule has 6 heteroatoms. The molecule has 0 amide bonds. The lowest BCUT2D eigenvalue weighted by molar-refractivity contribution is 0.493. The molecule has 0 aromatic heterocycles. The second-order valence-corrected chi connectivity index (χ2v) is 7.33. The maximum Gasteiger partial charge on any atom is 0.338 e. The van der Waals surface area contributed by atoms with Crippen LogP contribution < -0.4 is 9.61 Å². The molecule has 19 heavy (non-hydrogen) atoms. The SMILES string of the molecule is C[P@@](=O)(Nc1ccc(I)cc1F)Oc1ccccc1. The molecule has 0 aliphatic heterocycles. The molecule has 0 aliphatic carbocycles. The number of rotatable bonds is 4. The normalized spacial score (nSPS) is 13.6. The number of nitrogens with one attached hydrogen (secondary N) is 1. The maximum atomic E-state index is 13.7. The molecule has 2 aromatic carbocycles. The average Bonchev–Trinajstić information content (AvgIpc) is 2.33. The molecular weight excluding hydrogens is 379 g/mol. The van der Waals surface area contributed by atoms with E-state index in [1.54, 1.807) is 36.4 Å². The Kier molecular flexibility index (Phi) is 4.47. The van der Waals surface area contributed by atoms with E-state index in [1.807, 2.05) is 28.7 Å². The quantitative estimate of drug-likeness (QED) is 0.604. The Morgan fingerprint density at radius 3 is 2.53 bits per heavy atom.